The molecule has 0 bridgehead atoms. The summed E-state index contributed by atoms with van der Waals surface area (Å²) in [6.45, 7) is 1.58. The number of ether oxygens (including phenoxy) is 2. The van der Waals surface area contributed by atoms with Gasteiger partial charge in [-0.1, -0.05) is 5.92 Å². The minimum absolute atomic E-state index is 0.516. The maximum absolute atomic E-state index is 10.2. The molecule has 0 radical (unpaired) electrons. The standard InChI is InChI=1S/C6H8O3/c1-4-5(2)9-6(7)8-3/h1,5H,2-3H3/t5-/m1/s1. The van der Waals surface area contributed by atoms with E-state index in [1.807, 2.05) is 0 Å². The topological polar surface area (TPSA) is 35.5 Å². The van der Waals surface area contributed by atoms with Crippen molar-refractivity contribution in [3.05, 3.63) is 0 Å². The summed E-state index contributed by atoms with van der Waals surface area (Å²) in [7, 11) is 1.23. The molecule has 0 aromatic rings. The summed E-state index contributed by atoms with van der Waals surface area (Å²) in [5, 5.41) is 0. The smallest absolute Gasteiger partial charge is 0.438 e. The number of carbonyl (C=O) groups is 1. The van der Waals surface area contributed by atoms with E-state index in [0.717, 1.165) is 0 Å². The first-order chi connectivity index (χ1) is 4.20. The molecule has 0 aromatic carbocycles. The molecule has 3 nitrogen and oxygen atoms in total. The minimum atomic E-state index is -0.750. The highest BCUT2D eigenvalue weighted by molar-refractivity contribution is 5.60. The van der Waals surface area contributed by atoms with Gasteiger partial charge >= 0.3 is 6.16 Å². The summed E-state index contributed by atoms with van der Waals surface area (Å²) >= 11 is 0. The van der Waals surface area contributed by atoms with E-state index in [4.69, 9.17) is 6.42 Å². The van der Waals surface area contributed by atoms with Crippen LogP contribution in [0.15, 0.2) is 0 Å². The molecule has 0 fully saturated rings. The number of rotatable bonds is 1. The Morgan fingerprint density at radius 2 is 2.33 bits per heavy atom. The van der Waals surface area contributed by atoms with Crippen molar-refractivity contribution in [3.63, 3.8) is 0 Å². The van der Waals surface area contributed by atoms with Crippen molar-refractivity contribution in [2.45, 2.75) is 13.0 Å². The lowest BCUT2D eigenvalue weighted by molar-refractivity contribution is 0.0604. The van der Waals surface area contributed by atoms with E-state index in [1.165, 1.54) is 7.11 Å². The molecule has 0 aliphatic rings. The normalized spacial score (nSPS) is 11.2. The SMILES string of the molecule is C#C[C@@H](C)OC(=O)OC. The van der Waals surface area contributed by atoms with Crippen molar-refractivity contribution in [2.24, 2.45) is 0 Å². The van der Waals surface area contributed by atoms with Gasteiger partial charge in [0.25, 0.3) is 0 Å². The number of hydrogen-bond acceptors (Lipinski definition) is 3. The van der Waals surface area contributed by atoms with Gasteiger partial charge in [-0.15, -0.1) is 6.42 Å². The molecule has 0 saturated carbocycles. The molecule has 1 atom stereocenters. The van der Waals surface area contributed by atoms with E-state index in [1.54, 1.807) is 6.92 Å². The fraction of sp³-hybridized carbons (Fsp3) is 0.500. The molecule has 9 heavy (non-hydrogen) atoms. The fourth-order valence-corrected chi connectivity index (χ4v) is 0.226. The molecule has 0 aliphatic carbocycles. The van der Waals surface area contributed by atoms with Crippen molar-refractivity contribution in [3.8, 4) is 12.3 Å². The van der Waals surface area contributed by atoms with Crippen molar-refractivity contribution < 1.29 is 14.3 Å². The van der Waals surface area contributed by atoms with Crippen molar-refractivity contribution in [2.75, 3.05) is 7.11 Å². The van der Waals surface area contributed by atoms with Gasteiger partial charge in [0.2, 0.25) is 0 Å². The second kappa shape index (κ2) is 3.79. The second-order valence-corrected chi connectivity index (χ2v) is 1.38. The molecular formula is C6H8O3. The molecule has 0 aromatic heterocycles. The zero-order valence-electron chi connectivity index (χ0n) is 5.38. The highest BCUT2D eigenvalue weighted by Gasteiger charge is 2.03. The van der Waals surface area contributed by atoms with Gasteiger partial charge in [-0.3, -0.25) is 0 Å². The number of methoxy groups -OCH3 is 1. The lowest BCUT2D eigenvalue weighted by Gasteiger charge is -2.03. The maximum atomic E-state index is 10.2. The maximum Gasteiger partial charge on any atom is 0.509 e. The third-order valence-corrected chi connectivity index (χ3v) is 0.674. The van der Waals surface area contributed by atoms with E-state index < -0.39 is 12.3 Å². The first-order valence-corrected chi connectivity index (χ1v) is 2.41. The number of terminal acetylenes is 1. The lowest BCUT2D eigenvalue weighted by atomic mass is 10.4. The highest BCUT2D eigenvalue weighted by atomic mass is 16.7. The van der Waals surface area contributed by atoms with E-state index in [9.17, 15) is 4.79 Å². The van der Waals surface area contributed by atoms with Crippen LogP contribution in [0.2, 0.25) is 0 Å². The van der Waals surface area contributed by atoms with Gasteiger partial charge in [0.15, 0.2) is 6.10 Å². The Morgan fingerprint density at radius 1 is 1.78 bits per heavy atom. The summed E-state index contributed by atoms with van der Waals surface area (Å²) in [5.74, 6) is 2.21. The van der Waals surface area contributed by atoms with Crippen LogP contribution in [-0.2, 0) is 9.47 Å². The van der Waals surface area contributed by atoms with Gasteiger partial charge in [-0.05, 0) is 6.92 Å². The monoisotopic (exact) mass is 128 g/mol. The summed E-state index contributed by atoms with van der Waals surface area (Å²) in [6.07, 6.45) is 3.63. The zero-order chi connectivity index (χ0) is 7.28. The molecule has 0 amide bonds. The summed E-state index contributed by atoms with van der Waals surface area (Å²) in [6, 6.07) is 0. The average Bonchev–Trinajstić information content (AvgIpc) is 1.87. The van der Waals surface area contributed by atoms with Crippen molar-refractivity contribution >= 4 is 6.16 Å². The largest absolute Gasteiger partial charge is 0.509 e. The summed E-state index contributed by atoms with van der Waals surface area (Å²) in [4.78, 5) is 10.2. The van der Waals surface area contributed by atoms with E-state index in [0.29, 0.717) is 0 Å². The Kier molecular flexibility index (Phi) is 3.29. The van der Waals surface area contributed by atoms with Gasteiger partial charge in [0.1, 0.15) is 0 Å². The van der Waals surface area contributed by atoms with Gasteiger partial charge < -0.3 is 9.47 Å². The molecule has 50 valence electrons. The molecule has 0 aliphatic heterocycles. The van der Waals surface area contributed by atoms with Crippen LogP contribution in [0.25, 0.3) is 0 Å². The molecule has 3 heteroatoms. The van der Waals surface area contributed by atoms with Crippen LogP contribution in [0.5, 0.6) is 0 Å². The van der Waals surface area contributed by atoms with E-state index in [2.05, 4.69) is 15.4 Å². The minimum Gasteiger partial charge on any atom is -0.438 e. The third-order valence-electron chi connectivity index (χ3n) is 0.674. The second-order valence-electron chi connectivity index (χ2n) is 1.38. The predicted molar refractivity (Wildman–Crippen MR) is 31.8 cm³/mol. The molecule has 0 unspecified atom stereocenters. The summed E-state index contributed by atoms with van der Waals surface area (Å²) < 4.78 is 8.62. The van der Waals surface area contributed by atoms with Gasteiger partial charge in [0.05, 0.1) is 7.11 Å². The zero-order valence-corrected chi connectivity index (χ0v) is 5.38. The number of carbonyl (C=O) groups excluding carboxylic acids is 1. The Balaban J connectivity index is 3.50. The first kappa shape index (κ1) is 7.83. The van der Waals surface area contributed by atoms with Gasteiger partial charge in [-0.2, -0.15) is 0 Å². The van der Waals surface area contributed by atoms with Crippen LogP contribution in [-0.4, -0.2) is 19.4 Å². The lowest BCUT2D eigenvalue weighted by Crippen LogP contribution is -2.12. The Hall–Kier alpha value is -1.17. The predicted octanol–water partition coefficient (Wildman–Crippen LogP) is 0.791. The van der Waals surface area contributed by atoms with E-state index in [-0.39, 0.29) is 0 Å². The molecular weight excluding hydrogens is 120 g/mol. The molecule has 0 N–H and O–H groups in total. The van der Waals surface area contributed by atoms with Crippen LogP contribution < -0.4 is 0 Å². The molecule has 0 saturated heterocycles. The van der Waals surface area contributed by atoms with Crippen molar-refractivity contribution in [1.82, 2.24) is 0 Å². The van der Waals surface area contributed by atoms with Crippen LogP contribution in [0.1, 0.15) is 6.92 Å². The average molecular weight is 128 g/mol. The van der Waals surface area contributed by atoms with Gasteiger partial charge in [0, 0.05) is 0 Å². The van der Waals surface area contributed by atoms with Crippen LogP contribution >= 0.6 is 0 Å². The highest BCUT2D eigenvalue weighted by Crippen LogP contribution is 1.89. The quantitative estimate of drug-likeness (QED) is 0.387. The van der Waals surface area contributed by atoms with Crippen LogP contribution in [0.3, 0.4) is 0 Å². The number of hydrogen-bond donors (Lipinski definition) is 0. The van der Waals surface area contributed by atoms with Crippen LogP contribution in [0.4, 0.5) is 4.79 Å². The molecule has 0 rings (SSSR count). The van der Waals surface area contributed by atoms with Gasteiger partial charge in [-0.25, -0.2) is 4.79 Å². The van der Waals surface area contributed by atoms with E-state index >= 15 is 0 Å². The van der Waals surface area contributed by atoms with Crippen molar-refractivity contribution in [1.29, 1.82) is 0 Å². The third kappa shape index (κ3) is 3.42. The van der Waals surface area contributed by atoms with Crippen LogP contribution in [0, 0.1) is 12.3 Å². The molecule has 0 spiro atoms. The Bertz CT molecular complexity index is 134. The summed E-state index contributed by atoms with van der Waals surface area (Å²) in [5.41, 5.74) is 0. The molecule has 0 heterocycles. The first-order valence-electron chi connectivity index (χ1n) is 2.41. The Morgan fingerprint density at radius 3 is 2.67 bits per heavy atom. The Labute approximate surface area is 54.0 Å². The fourth-order valence-electron chi connectivity index (χ4n) is 0.226.